The minimum Gasteiger partial charge on any atom is -0.397 e. The van der Waals surface area contributed by atoms with Crippen molar-refractivity contribution in [3.63, 3.8) is 0 Å². The van der Waals surface area contributed by atoms with E-state index in [1.54, 1.807) is 24.3 Å². The molecule has 92 valence electrons. The number of carbonyl (C=O) groups is 1. The van der Waals surface area contributed by atoms with Crippen LogP contribution < -0.4 is 16.4 Å². The number of benzene rings is 1. The average molecular weight is 233 g/mol. The van der Waals surface area contributed by atoms with Crippen LogP contribution in [0.2, 0.25) is 0 Å². The maximum Gasteiger partial charge on any atom is 0.251 e. The van der Waals surface area contributed by atoms with Crippen LogP contribution in [-0.2, 0) is 0 Å². The third kappa shape index (κ3) is 3.83. The van der Waals surface area contributed by atoms with Gasteiger partial charge < -0.3 is 16.4 Å². The van der Waals surface area contributed by atoms with Gasteiger partial charge in [-0.25, -0.2) is 0 Å². The number of hydrogen-bond acceptors (Lipinski definition) is 3. The zero-order chi connectivity index (χ0) is 12.8. The highest BCUT2D eigenvalue weighted by Crippen LogP contribution is 2.19. The number of nitrogens with two attached hydrogens (primary N) is 1. The molecule has 0 fully saturated rings. The predicted octanol–water partition coefficient (Wildman–Crippen LogP) is 2.00. The van der Waals surface area contributed by atoms with E-state index in [9.17, 15) is 4.79 Å². The second-order valence-corrected chi connectivity index (χ2v) is 4.10. The molecule has 1 aromatic rings. The largest absolute Gasteiger partial charge is 0.397 e. The normalized spacial score (nSPS) is 10.1. The topological polar surface area (TPSA) is 67.2 Å². The summed E-state index contributed by atoms with van der Waals surface area (Å²) in [6, 6.07) is 5.33. The Morgan fingerprint density at radius 2 is 2.24 bits per heavy atom. The van der Waals surface area contributed by atoms with E-state index in [2.05, 4.69) is 17.2 Å². The van der Waals surface area contributed by atoms with Crippen molar-refractivity contribution in [3.05, 3.63) is 36.4 Å². The Kier molecular flexibility index (Phi) is 4.57. The van der Waals surface area contributed by atoms with Gasteiger partial charge in [0.25, 0.3) is 5.91 Å². The molecule has 0 aliphatic heterocycles. The summed E-state index contributed by atoms with van der Waals surface area (Å²) in [5.41, 5.74) is 7.79. The molecule has 0 unspecified atom stereocenters. The van der Waals surface area contributed by atoms with Gasteiger partial charge in [-0.05, 0) is 32.0 Å². The monoisotopic (exact) mass is 233 g/mol. The Labute approximate surface area is 102 Å². The zero-order valence-corrected chi connectivity index (χ0v) is 10.3. The number of nitrogens with one attached hydrogen (secondary N) is 2. The van der Waals surface area contributed by atoms with Gasteiger partial charge in [-0.1, -0.05) is 6.08 Å². The van der Waals surface area contributed by atoms with E-state index >= 15 is 0 Å². The average Bonchev–Trinajstić information content (AvgIpc) is 2.26. The summed E-state index contributed by atoms with van der Waals surface area (Å²) < 4.78 is 0. The van der Waals surface area contributed by atoms with E-state index in [4.69, 9.17) is 5.73 Å². The molecular weight excluding hydrogens is 214 g/mol. The summed E-state index contributed by atoms with van der Waals surface area (Å²) in [5, 5.41) is 5.91. The summed E-state index contributed by atoms with van der Waals surface area (Å²) in [6.45, 7) is 8.09. The molecule has 0 bridgehead atoms. The van der Waals surface area contributed by atoms with Crippen LogP contribution in [0.15, 0.2) is 30.9 Å². The van der Waals surface area contributed by atoms with Crippen LogP contribution in [0.1, 0.15) is 24.2 Å². The van der Waals surface area contributed by atoms with Gasteiger partial charge in [-0.15, -0.1) is 6.58 Å². The summed E-state index contributed by atoms with van der Waals surface area (Å²) in [7, 11) is 0. The van der Waals surface area contributed by atoms with Gasteiger partial charge in [0.1, 0.15) is 0 Å². The van der Waals surface area contributed by atoms with Crippen LogP contribution in [0.5, 0.6) is 0 Å². The van der Waals surface area contributed by atoms with Gasteiger partial charge in [0, 0.05) is 18.2 Å². The quantitative estimate of drug-likeness (QED) is 0.538. The fourth-order valence-electron chi connectivity index (χ4n) is 1.39. The van der Waals surface area contributed by atoms with Crippen molar-refractivity contribution in [2.24, 2.45) is 0 Å². The molecule has 0 saturated carbocycles. The van der Waals surface area contributed by atoms with Gasteiger partial charge in [-0.2, -0.15) is 0 Å². The maximum atomic E-state index is 11.7. The molecule has 0 saturated heterocycles. The molecule has 1 rings (SSSR count). The van der Waals surface area contributed by atoms with Crippen LogP contribution in [0.25, 0.3) is 0 Å². The molecule has 4 nitrogen and oxygen atoms in total. The van der Waals surface area contributed by atoms with Crippen molar-refractivity contribution >= 4 is 17.3 Å². The van der Waals surface area contributed by atoms with Gasteiger partial charge >= 0.3 is 0 Å². The Bertz CT molecular complexity index is 413. The van der Waals surface area contributed by atoms with Crippen molar-refractivity contribution in [1.29, 1.82) is 0 Å². The van der Waals surface area contributed by atoms with E-state index in [-0.39, 0.29) is 11.9 Å². The van der Waals surface area contributed by atoms with Crippen LogP contribution in [0.4, 0.5) is 11.4 Å². The number of hydrogen-bond donors (Lipinski definition) is 3. The molecule has 0 radical (unpaired) electrons. The van der Waals surface area contributed by atoms with Gasteiger partial charge in [0.2, 0.25) is 0 Å². The molecular formula is C13H19N3O. The Morgan fingerprint density at radius 3 is 2.76 bits per heavy atom. The lowest BCUT2D eigenvalue weighted by Crippen LogP contribution is -2.30. The number of rotatable bonds is 5. The van der Waals surface area contributed by atoms with Crippen molar-refractivity contribution < 1.29 is 4.79 Å². The van der Waals surface area contributed by atoms with Gasteiger partial charge in [0.05, 0.1) is 11.4 Å². The second-order valence-electron chi connectivity index (χ2n) is 4.10. The fourth-order valence-corrected chi connectivity index (χ4v) is 1.39. The Morgan fingerprint density at radius 1 is 1.53 bits per heavy atom. The van der Waals surface area contributed by atoms with E-state index in [1.807, 2.05) is 13.8 Å². The first kappa shape index (κ1) is 13.1. The molecule has 0 aliphatic rings. The molecule has 4 heteroatoms. The smallest absolute Gasteiger partial charge is 0.251 e. The molecule has 1 aromatic carbocycles. The Hall–Kier alpha value is -1.97. The third-order valence-electron chi connectivity index (χ3n) is 2.17. The van der Waals surface area contributed by atoms with Crippen LogP contribution >= 0.6 is 0 Å². The lowest BCUT2D eigenvalue weighted by molar-refractivity contribution is 0.0943. The molecule has 1 amide bonds. The number of carbonyl (C=O) groups excluding carboxylic acids is 1. The highest BCUT2D eigenvalue weighted by Gasteiger charge is 2.08. The highest BCUT2D eigenvalue weighted by atomic mass is 16.1. The van der Waals surface area contributed by atoms with Crippen molar-refractivity contribution in [3.8, 4) is 0 Å². The minimum absolute atomic E-state index is 0.109. The first-order chi connectivity index (χ1) is 8.04. The Balaban J connectivity index is 2.80. The molecule has 0 heterocycles. The molecule has 0 aromatic heterocycles. The van der Waals surface area contributed by atoms with E-state index in [1.165, 1.54) is 0 Å². The first-order valence-electron chi connectivity index (χ1n) is 5.59. The molecule has 4 N–H and O–H groups in total. The van der Waals surface area contributed by atoms with Crippen LogP contribution in [0.3, 0.4) is 0 Å². The summed E-state index contributed by atoms with van der Waals surface area (Å²) in [5.74, 6) is -0.109. The number of nitrogen functional groups attached to an aromatic ring is 1. The van der Waals surface area contributed by atoms with Gasteiger partial charge in [0.15, 0.2) is 0 Å². The summed E-state index contributed by atoms with van der Waals surface area (Å²) in [4.78, 5) is 11.7. The number of anilines is 2. The lowest BCUT2D eigenvalue weighted by atomic mass is 10.1. The maximum absolute atomic E-state index is 11.7. The molecule has 17 heavy (non-hydrogen) atoms. The van der Waals surface area contributed by atoms with Gasteiger partial charge in [-0.3, -0.25) is 4.79 Å². The standard InChI is InChI=1S/C13H19N3O/c1-4-7-15-12-6-5-10(8-11(12)14)13(17)16-9(2)3/h4-6,8-9,15H,1,7,14H2,2-3H3,(H,16,17). The lowest BCUT2D eigenvalue weighted by Gasteiger charge is -2.11. The number of amides is 1. The van der Waals surface area contributed by atoms with E-state index in [0.29, 0.717) is 17.8 Å². The van der Waals surface area contributed by atoms with E-state index < -0.39 is 0 Å². The first-order valence-corrected chi connectivity index (χ1v) is 5.59. The molecule has 0 aliphatic carbocycles. The second kappa shape index (κ2) is 5.94. The minimum atomic E-state index is -0.109. The van der Waals surface area contributed by atoms with E-state index in [0.717, 1.165) is 5.69 Å². The van der Waals surface area contributed by atoms with Crippen molar-refractivity contribution in [2.75, 3.05) is 17.6 Å². The van der Waals surface area contributed by atoms with Crippen molar-refractivity contribution in [1.82, 2.24) is 5.32 Å². The highest BCUT2D eigenvalue weighted by molar-refractivity contribution is 5.96. The van der Waals surface area contributed by atoms with Crippen LogP contribution in [-0.4, -0.2) is 18.5 Å². The third-order valence-corrected chi connectivity index (χ3v) is 2.17. The molecule has 0 spiro atoms. The SMILES string of the molecule is C=CCNc1ccc(C(=O)NC(C)C)cc1N. The van der Waals surface area contributed by atoms with Crippen molar-refractivity contribution in [2.45, 2.75) is 19.9 Å². The zero-order valence-electron chi connectivity index (χ0n) is 10.3. The van der Waals surface area contributed by atoms with Crippen LogP contribution in [0, 0.1) is 0 Å². The summed E-state index contributed by atoms with van der Waals surface area (Å²) >= 11 is 0. The summed E-state index contributed by atoms with van der Waals surface area (Å²) in [6.07, 6.45) is 1.75. The molecule has 0 atom stereocenters. The fraction of sp³-hybridized carbons (Fsp3) is 0.308. The predicted molar refractivity (Wildman–Crippen MR) is 72.1 cm³/mol.